The molecule has 1 saturated carbocycles. The Morgan fingerprint density at radius 3 is 2.68 bits per heavy atom. The van der Waals surface area contributed by atoms with E-state index in [1.807, 2.05) is 0 Å². The molecule has 0 radical (unpaired) electrons. The molecule has 1 aliphatic carbocycles. The summed E-state index contributed by atoms with van der Waals surface area (Å²) in [5.41, 5.74) is 1.04. The van der Waals surface area contributed by atoms with Crippen LogP contribution in [0.5, 0.6) is 0 Å². The van der Waals surface area contributed by atoms with Crippen LogP contribution >= 0.6 is 0 Å². The van der Waals surface area contributed by atoms with E-state index in [1.165, 1.54) is 17.2 Å². The third-order valence-corrected chi connectivity index (χ3v) is 8.75. The van der Waals surface area contributed by atoms with E-state index in [-0.39, 0.29) is 37.3 Å². The average molecular weight is 561 g/mol. The van der Waals surface area contributed by atoms with Crippen LogP contribution in [0, 0.1) is 29.0 Å². The van der Waals surface area contributed by atoms with Gasteiger partial charge in [-0.1, -0.05) is 11.3 Å². The number of anilines is 1. The molecule has 2 aromatic heterocycles. The Bertz CT molecular complexity index is 1530. The molecule has 1 aromatic carbocycles. The van der Waals surface area contributed by atoms with Crippen LogP contribution in [0.4, 0.5) is 19.3 Å². The summed E-state index contributed by atoms with van der Waals surface area (Å²) in [6.07, 6.45) is 2.93. The average Bonchev–Trinajstić information content (AvgIpc) is 3.62. The fraction of sp³-hybridized carbons (Fsp3) is 0.429. The van der Waals surface area contributed by atoms with Gasteiger partial charge in [0.05, 0.1) is 42.8 Å². The van der Waals surface area contributed by atoms with Crippen molar-refractivity contribution in [3.63, 3.8) is 0 Å². The van der Waals surface area contributed by atoms with Crippen molar-refractivity contribution >= 4 is 17.7 Å². The van der Waals surface area contributed by atoms with Crippen molar-refractivity contribution in [2.24, 2.45) is 11.8 Å². The van der Waals surface area contributed by atoms with Gasteiger partial charge in [0, 0.05) is 61.4 Å². The SMILES string of the molecule is N#C[C@]1(c2ccc(-c3ccc(N4C[C@H](Cn5ccnn5)OC4=O)cc3F)cn2)[C@@H]2CN(C(=O)[C@@H]3C[C@H](F)CN3)C[C@@H]21. The Morgan fingerprint density at radius 2 is 2.05 bits per heavy atom. The first kappa shape index (κ1) is 25.5. The molecule has 4 aliphatic rings. The molecule has 210 valence electrons. The molecule has 13 heteroatoms. The molecule has 7 rings (SSSR count). The van der Waals surface area contributed by atoms with Gasteiger partial charge in [0.1, 0.15) is 23.5 Å². The van der Waals surface area contributed by atoms with E-state index in [2.05, 4.69) is 26.7 Å². The summed E-state index contributed by atoms with van der Waals surface area (Å²) in [6.45, 7) is 1.66. The van der Waals surface area contributed by atoms with E-state index in [4.69, 9.17) is 4.74 Å². The van der Waals surface area contributed by atoms with Crippen LogP contribution in [0.2, 0.25) is 0 Å². The summed E-state index contributed by atoms with van der Waals surface area (Å²) in [7, 11) is 0. The minimum atomic E-state index is -1.01. The number of amides is 2. The van der Waals surface area contributed by atoms with Crippen LogP contribution in [0.15, 0.2) is 48.9 Å². The number of pyridine rings is 1. The number of cyclic esters (lactones) is 1. The number of carbonyl (C=O) groups excluding carboxylic acids is 2. The Hall–Kier alpha value is -4.44. The molecule has 3 saturated heterocycles. The van der Waals surface area contributed by atoms with Crippen LogP contribution in [0.25, 0.3) is 11.1 Å². The lowest BCUT2D eigenvalue weighted by molar-refractivity contribution is -0.132. The standard InChI is InChI=1S/C28H26F2N8O3/c29-17-7-24(32-10-17)26(39)36-13-21-22(14-36)28(21,15-31)25-4-1-16(9-33-25)20-3-2-18(8-23(20)30)38-12-19(41-27(38)40)11-37-6-5-34-35-37/h1-6,8-9,17,19,21-22,24,32H,7,10-14H2/t17-,19-,21-,22+,24-,28+/m0/s1. The molecule has 41 heavy (non-hydrogen) atoms. The number of carbonyl (C=O) groups is 2. The molecule has 2 amide bonds. The number of likely N-dealkylation sites (tertiary alicyclic amines) is 1. The van der Waals surface area contributed by atoms with Gasteiger partial charge in [-0.25, -0.2) is 18.3 Å². The van der Waals surface area contributed by atoms with Crippen molar-refractivity contribution in [1.29, 1.82) is 5.26 Å². The second-order valence-corrected chi connectivity index (χ2v) is 11.1. The smallest absolute Gasteiger partial charge is 0.414 e. The Labute approximate surface area is 233 Å². The fourth-order valence-corrected chi connectivity index (χ4v) is 6.58. The molecular formula is C28H26F2N8O3. The van der Waals surface area contributed by atoms with Crippen LogP contribution in [-0.2, 0) is 21.5 Å². The van der Waals surface area contributed by atoms with Crippen molar-refractivity contribution in [2.45, 2.75) is 36.7 Å². The molecule has 4 fully saturated rings. The first-order valence-electron chi connectivity index (χ1n) is 13.5. The van der Waals surface area contributed by atoms with E-state index in [9.17, 15) is 19.2 Å². The monoisotopic (exact) mass is 560 g/mol. The summed E-state index contributed by atoms with van der Waals surface area (Å²) in [5, 5.41) is 20.6. The molecular weight excluding hydrogens is 534 g/mol. The number of alkyl halides is 1. The zero-order valence-electron chi connectivity index (χ0n) is 21.9. The maximum Gasteiger partial charge on any atom is 0.414 e. The lowest BCUT2D eigenvalue weighted by Gasteiger charge is -2.25. The number of fused-ring (bicyclic) bond motifs is 1. The largest absolute Gasteiger partial charge is 0.442 e. The molecule has 0 unspecified atom stereocenters. The number of benzene rings is 1. The highest BCUT2D eigenvalue weighted by molar-refractivity contribution is 5.90. The first-order valence-corrected chi connectivity index (χ1v) is 13.5. The second kappa shape index (κ2) is 9.59. The van der Waals surface area contributed by atoms with Gasteiger partial charge in [-0.05, 0) is 24.3 Å². The topological polar surface area (TPSA) is 129 Å². The summed E-state index contributed by atoms with van der Waals surface area (Å²) >= 11 is 0. The quantitative estimate of drug-likeness (QED) is 0.485. The predicted octanol–water partition coefficient (Wildman–Crippen LogP) is 2.05. The van der Waals surface area contributed by atoms with Gasteiger partial charge in [-0.15, -0.1) is 5.10 Å². The van der Waals surface area contributed by atoms with Crippen molar-refractivity contribution in [3.8, 4) is 17.2 Å². The highest BCUT2D eigenvalue weighted by atomic mass is 19.1. The Kier molecular flexibility index (Phi) is 5.97. The lowest BCUT2D eigenvalue weighted by Crippen LogP contribution is -2.44. The van der Waals surface area contributed by atoms with Crippen LogP contribution in [0.3, 0.4) is 0 Å². The van der Waals surface area contributed by atoms with Gasteiger partial charge in [0.25, 0.3) is 0 Å². The van der Waals surface area contributed by atoms with Crippen LogP contribution in [0.1, 0.15) is 12.1 Å². The second-order valence-electron chi connectivity index (χ2n) is 11.1. The third-order valence-electron chi connectivity index (χ3n) is 8.75. The fourth-order valence-electron chi connectivity index (χ4n) is 6.58. The van der Waals surface area contributed by atoms with Crippen molar-refractivity contribution in [2.75, 3.05) is 31.1 Å². The number of piperidine rings is 1. The molecule has 1 N–H and O–H groups in total. The molecule has 6 atom stereocenters. The van der Waals surface area contributed by atoms with E-state index >= 15 is 4.39 Å². The molecule has 0 spiro atoms. The van der Waals surface area contributed by atoms with Crippen LogP contribution in [-0.4, -0.2) is 81.4 Å². The summed E-state index contributed by atoms with van der Waals surface area (Å²) in [6, 6.07) is 9.94. The summed E-state index contributed by atoms with van der Waals surface area (Å²) in [5.74, 6) is -0.712. The molecule has 3 aliphatic heterocycles. The van der Waals surface area contributed by atoms with E-state index in [1.54, 1.807) is 46.2 Å². The number of rotatable bonds is 6. The molecule has 0 bridgehead atoms. The zero-order valence-corrected chi connectivity index (χ0v) is 21.9. The third kappa shape index (κ3) is 4.21. The van der Waals surface area contributed by atoms with E-state index < -0.39 is 35.6 Å². The van der Waals surface area contributed by atoms with Gasteiger partial charge >= 0.3 is 6.09 Å². The summed E-state index contributed by atoms with van der Waals surface area (Å²) < 4.78 is 35.7. The molecule has 11 nitrogen and oxygen atoms in total. The van der Waals surface area contributed by atoms with Gasteiger partial charge in [-0.3, -0.25) is 14.7 Å². The minimum Gasteiger partial charge on any atom is -0.442 e. The number of hydrogen-bond acceptors (Lipinski definition) is 8. The Balaban J connectivity index is 1.02. The number of hydrogen-bond donors (Lipinski definition) is 1. The van der Waals surface area contributed by atoms with Crippen LogP contribution < -0.4 is 10.2 Å². The highest BCUT2D eigenvalue weighted by Gasteiger charge is 2.71. The van der Waals surface area contributed by atoms with Crippen molar-refractivity contribution < 1.29 is 23.1 Å². The van der Waals surface area contributed by atoms with Gasteiger partial charge in [0.15, 0.2) is 0 Å². The Morgan fingerprint density at radius 1 is 1.22 bits per heavy atom. The first-order chi connectivity index (χ1) is 19.9. The lowest BCUT2D eigenvalue weighted by atomic mass is 9.95. The molecule has 5 heterocycles. The van der Waals surface area contributed by atoms with Crippen molar-refractivity contribution in [1.82, 2.24) is 30.2 Å². The number of nitrogens with one attached hydrogen (secondary N) is 1. The number of halogens is 2. The predicted molar refractivity (Wildman–Crippen MR) is 139 cm³/mol. The molecule has 3 aromatic rings. The zero-order chi connectivity index (χ0) is 28.3. The van der Waals surface area contributed by atoms with Gasteiger partial charge in [0.2, 0.25) is 5.91 Å². The van der Waals surface area contributed by atoms with Gasteiger partial charge < -0.3 is 15.0 Å². The van der Waals surface area contributed by atoms with E-state index in [0.717, 1.165) is 0 Å². The summed E-state index contributed by atoms with van der Waals surface area (Å²) in [4.78, 5) is 32.8. The highest BCUT2D eigenvalue weighted by Crippen LogP contribution is 2.62. The number of aromatic nitrogens is 4. The number of ether oxygens (including phenoxy) is 1. The van der Waals surface area contributed by atoms with Crippen molar-refractivity contribution in [3.05, 3.63) is 60.4 Å². The minimum absolute atomic E-state index is 0.0398. The van der Waals surface area contributed by atoms with E-state index in [0.29, 0.717) is 42.1 Å². The maximum atomic E-state index is 15.2. The normalized spacial score (nSPS) is 30.3. The number of nitrogens with zero attached hydrogens (tertiary/aromatic N) is 7. The maximum absolute atomic E-state index is 15.2. The van der Waals surface area contributed by atoms with Gasteiger partial charge in [-0.2, -0.15) is 5.26 Å². The number of nitriles is 1.